The summed E-state index contributed by atoms with van der Waals surface area (Å²) in [6.45, 7) is 3.05. The topological polar surface area (TPSA) is 12.0 Å². The fourth-order valence-corrected chi connectivity index (χ4v) is 3.13. The molecule has 1 nitrogen and oxygen atoms in total. The SMILES string of the molecule is CCNC(Cc1ccccc1Br)c1ccc(Cl)c(Br)c1. The number of hydrogen-bond acceptors (Lipinski definition) is 1. The molecule has 0 amide bonds. The van der Waals surface area contributed by atoms with Gasteiger partial charge >= 0.3 is 0 Å². The van der Waals surface area contributed by atoms with Crippen LogP contribution in [0.4, 0.5) is 0 Å². The van der Waals surface area contributed by atoms with Crippen molar-refractivity contribution in [1.82, 2.24) is 5.32 Å². The first kappa shape index (κ1) is 16.0. The van der Waals surface area contributed by atoms with Crippen molar-refractivity contribution < 1.29 is 0 Å². The smallest absolute Gasteiger partial charge is 0.0548 e. The quantitative estimate of drug-likeness (QED) is 0.652. The summed E-state index contributed by atoms with van der Waals surface area (Å²) in [6.07, 6.45) is 0.934. The lowest BCUT2D eigenvalue weighted by Crippen LogP contribution is -2.23. The highest BCUT2D eigenvalue weighted by atomic mass is 79.9. The Morgan fingerprint density at radius 3 is 2.50 bits per heavy atom. The molecular weight excluding hydrogens is 401 g/mol. The molecule has 2 aromatic carbocycles. The number of nitrogens with one attached hydrogen (secondary N) is 1. The van der Waals surface area contributed by atoms with Gasteiger partial charge < -0.3 is 5.32 Å². The highest BCUT2D eigenvalue weighted by Crippen LogP contribution is 2.29. The summed E-state index contributed by atoms with van der Waals surface area (Å²) in [5.41, 5.74) is 2.53. The first-order chi connectivity index (χ1) is 9.61. The largest absolute Gasteiger partial charge is 0.310 e. The van der Waals surface area contributed by atoms with E-state index in [9.17, 15) is 0 Å². The maximum absolute atomic E-state index is 6.07. The zero-order valence-electron chi connectivity index (χ0n) is 11.2. The Bertz CT molecular complexity index is 586. The predicted octanol–water partition coefficient (Wildman–Crippen LogP) is 5.76. The monoisotopic (exact) mass is 415 g/mol. The molecule has 4 heteroatoms. The van der Waals surface area contributed by atoms with E-state index >= 15 is 0 Å². The van der Waals surface area contributed by atoms with Crippen molar-refractivity contribution in [2.45, 2.75) is 19.4 Å². The lowest BCUT2D eigenvalue weighted by atomic mass is 9.99. The minimum absolute atomic E-state index is 0.271. The molecule has 0 spiro atoms. The normalized spacial score (nSPS) is 12.4. The summed E-state index contributed by atoms with van der Waals surface area (Å²) in [7, 11) is 0. The molecule has 0 aliphatic heterocycles. The van der Waals surface area contributed by atoms with Gasteiger partial charge in [-0.05, 0) is 58.2 Å². The van der Waals surface area contributed by atoms with Gasteiger partial charge in [0.1, 0.15) is 0 Å². The Morgan fingerprint density at radius 1 is 1.10 bits per heavy atom. The van der Waals surface area contributed by atoms with Crippen molar-refractivity contribution in [2.24, 2.45) is 0 Å². The van der Waals surface area contributed by atoms with Gasteiger partial charge in [0, 0.05) is 15.0 Å². The Balaban J connectivity index is 2.27. The van der Waals surface area contributed by atoms with Crippen molar-refractivity contribution in [2.75, 3.05) is 6.54 Å². The minimum Gasteiger partial charge on any atom is -0.310 e. The van der Waals surface area contributed by atoms with Gasteiger partial charge in [0.05, 0.1) is 5.02 Å². The molecular formula is C16H16Br2ClN. The van der Waals surface area contributed by atoms with E-state index in [-0.39, 0.29) is 6.04 Å². The Hall–Kier alpha value is -0.350. The van der Waals surface area contributed by atoms with Crippen LogP contribution in [0.5, 0.6) is 0 Å². The standard InChI is InChI=1S/C16H16Br2ClN/c1-2-20-16(10-11-5-3-4-6-13(11)17)12-7-8-15(19)14(18)9-12/h3-9,16,20H,2,10H2,1H3. The fraction of sp³-hybridized carbons (Fsp3) is 0.250. The van der Waals surface area contributed by atoms with E-state index in [1.807, 2.05) is 12.1 Å². The lowest BCUT2D eigenvalue weighted by Gasteiger charge is -2.20. The van der Waals surface area contributed by atoms with Crippen LogP contribution in [0.3, 0.4) is 0 Å². The van der Waals surface area contributed by atoms with Crippen molar-refractivity contribution in [3.8, 4) is 0 Å². The van der Waals surface area contributed by atoms with Crippen LogP contribution in [0.25, 0.3) is 0 Å². The van der Waals surface area contributed by atoms with Gasteiger partial charge in [0.2, 0.25) is 0 Å². The molecule has 0 saturated heterocycles. The van der Waals surface area contributed by atoms with Crippen molar-refractivity contribution >= 4 is 43.5 Å². The highest BCUT2D eigenvalue weighted by Gasteiger charge is 2.13. The number of halogens is 3. The fourth-order valence-electron chi connectivity index (χ4n) is 2.17. The van der Waals surface area contributed by atoms with E-state index in [4.69, 9.17) is 11.6 Å². The molecule has 0 radical (unpaired) electrons. The third-order valence-electron chi connectivity index (χ3n) is 3.18. The lowest BCUT2D eigenvalue weighted by molar-refractivity contribution is 0.549. The summed E-state index contributed by atoms with van der Waals surface area (Å²) in [5.74, 6) is 0. The zero-order valence-corrected chi connectivity index (χ0v) is 15.1. The van der Waals surface area contributed by atoms with Crippen molar-refractivity contribution in [3.63, 3.8) is 0 Å². The molecule has 2 rings (SSSR count). The van der Waals surface area contributed by atoms with Gasteiger partial charge in [0.15, 0.2) is 0 Å². The third-order valence-corrected chi connectivity index (χ3v) is 5.17. The first-order valence-corrected chi connectivity index (χ1v) is 8.50. The van der Waals surface area contributed by atoms with E-state index in [1.54, 1.807) is 0 Å². The zero-order chi connectivity index (χ0) is 14.5. The average molecular weight is 418 g/mol. The molecule has 0 aliphatic carbocycles. The van der Waals surface area contributed by atoms with Gasteiger partial charge in [-0.2, -0.15) is 0 Å². The third kappa shape index (κ3) is 4.08. The molecule has 20 heavy (non-hydrogen) atoms. The van der Waals surface area contributed by atoms with Crippen LogP contribution in [0.15, 0.2) is 51.4 Å². The van der Waals surface area contributed by atoms with Gasteiger partial charge in [-0.25, -0.2) is 0 Å². The second-order valence-electron chi connectivity index (χ2n) is 4.58. The number of benzene rings is 2. The van der Waals surface area contributed by atoms with E-state index in [2.05, 4.69) is 74.4 Å². The molecule has 0 aromatic heterocycles. The van der Waals surface area contributed by atoms with Crippen LogP contribution in [-0.2, 0) is 6.42 Å². The predicted molar refractivity (Wildman–Crippen MR) is 93.4 cm³/mol. The highest BCUT2D eigenvalue weighted by molar-refractivity contribution is 9.10. The average Bonchev–Trinajstić information content (AvgIpc) is 2.44. The van der Waals surface area contributed by atoms with E-state index < -0.39 is 0 Å². The van der Waals surface area contributed by atoms with Gasteiger partial charge in [-0.1, -0.05) is 58.7 Å². The van der Waals surface area contributed by atoms with Crippen LogP contribution >= 0.6 is 43.5 Å². The van der Waals surface area contributed by atoms with E-state index in [1.165, 1.54) is 11.1 Å². The van der Waals surface area contributed by atoms with Crippen LogP contribution in [0, 0.1) is 0 Å². The number of likely N-dealkylation sites (N-methyl/N-ethyl adjacent to an activating group) is 1. The molecule has 106 valence electrons. The maximum Gasteiger partial charge on any atom is 0.0548 e. The molecule has 0 saturated carbocycles. The van der Waals surface area contributed by atoms with Crippen molar-refractivity contribution in [1.29, 1.82) is 0 Å². The van der Waals surface area contributed by atoms with Crippen molar-refractivity contribution in [3.05, 3.63) is 67.6 Å². The van der Waals surface area contributed by atoms with Crippen LogP contribution in [0.1, 0.15) is 24.1 Å². The molecule has 1 unspecified atom stereocenters. The van der Waals surface area contributed by atoms with Gasteiger partial charge in [0.25, 0.3) is 0 Å². The molecule has 1 N–H and O–H groups in total. The van der Waals surface area contributed by atoms with E-state index in [0.717, 1.165) is 26.9 Å². The molecule has 1 atom stereocenters. The summed E-state index contributed by atoms with van der Waals surface area (Å²) in [6, 6.07) is 14.7. The summed E-state index contributed by atoms with van der Waals surface area (Å²) in [4.78, 5) is 0. The molecule has 0 fully saturated rings. The number of rotatable bonds is 5. The summed E-state index contributed by atoms with van der Waals surface area (Å²) >= 11 is 13.2. The first-order valence-electron chi connectivity index (χ1n) is 6.53. The van der Waals surface area contributed by atoms with Gasteiger partial charge in [-0.15, -0.1) is 0 Å². The van der Waals surface area contributed by atoms with Crippen LogP contribution in [-0.4, -0.2) is 6.54 Å². The van der Waals surface area contributed by atoms with Gasteiger partial charge in [-0.3, -0.25) is 0 Å². The molecule has 0 aliphatic rings. The summed E-state index contributed by atoms with van der Waals surface area (Å²) < 4.78 is 2.09. The Kier molecular flexibility index (Phi) is 6.09. The second-order valence-corrected chi connectivity index (χ2v) is 6.70. The van der Waals surface area contributed by atoms with Crippen LogP contribution < -0.4 is 5.32 Å². The minimum atomic E-state index is 0.271. The Labute approximate surface area is 142 Å². The number of hydrogen-bond donors (Lipinski definition) is 1. The molecule has 0 bridgehead atoms. The Morgan fingerprint density at radius 2 is 1.85 bits per heavy atom. The second kappa shape index (κ2) is 7.60. The maximum atomic E-state index is 6.07. The van der Waals surface area contributed by atoms with E-state index in [0.29, 0.717) is 0 Å². The summed E-state index contributed by atoms with van der Waals surface area (Å²) in [5, 5.41) is 4.28. The molecule has 0 heterocycles. The van der Waals surface area contributed by atoms with Crippen LogP contribution in [0.2, 0.25) is 5.02 Å². The molecule has 2 aromatic rings.